The summed E-state index contributed by atoms with van der Waals surface area (Å²) in [4.78, 5) is 47.0. The van der Waals surface area contributed by atoms with Crippen LogP contribution >= 0.6 is 0 Å². The lowest BCUT2D eigenvalue weighted by atomic mass is 9.80. The molecule has 4 aliphatic heterocycles. The molecule has 0 radical (unpaired) electrons. The van der Waals surface area contributed by atoms with Gasteiger partial charge in [0, 0.05) is 58.2 Å². The first-order chi connectivity index (χ1) is 20.2. The Hall–Kier alpha value is -2.69. The number of nitrogens with one attached hydrogen (secondary N) is 2. The van der Waals surface area contributed by atoms with Crippen molar-refractivity contribution >= 4 is 17.7 Å². The Labute approximate surface area is 250 Å². The molecule has 0 unspecified atom stereocenters. The number of carbonyl (C=O) groups excluding carboxylic acids is 3. The van der Waals surface area contributed by atoms with Gasteiger partial charge in [-0.25, -0.2) is 0 Å². The van der Waals surface area contributed by atoms with Gasteiger partial charge in [0.15, 0.2) is 6.10 Å². The van der Waals surface area contributed by atoms with E-state index < -0.39 is 11.6 Å². The highest BCUT2D eigenvalue weighted by Crippen LogP contribution is 2.32. The predicted molar refractivity (Wildman–Crippen MR) is 160 cm³/mol. The van der Waals surface area contributed by atoms with E-state index in [0.29, 0.717) is 50.9 Å². The molecule has 3 atom stereocenters. The summed E-state index contributed by atoms with van der Waals surface area (Å²) < 4.78 is 11.3. The smallest absolute Gasteiger partial charge is 0.251 e. The number of benzene rings is 1. The van der Waals surface area contributed by atoms with Gasteiger partial charge >= 0.3 is 0 Å². The number of ether oxygens (including phenoxy) is 2. The second kappa shape index (κ2) is 13.7. The van der Waals surface area contributed by atoms with Crippen LogP contribution in [0.1, 0.15) is 57.9 Å². The highest BCUT2D eigenvalue weighted by Gasteiger charge is 2.41. The Morgan fingerprint density at radius 3 is 2.62 bits per heavy atom. The molecule has 0 saturated carbocycles. The minimum Gasteiger partial charge on any atom is -0.497 e. The van der Waals surface area contributed by atoms with Crippen LogP contribution < -0.4 is 15.4 Å². The third kappa shape index (κ3) is 7.63. The summed E-state index contributed by atoms with van der Waals surface area (Å²) >= 11 is 0. The van der Waals surface area contributed by atoms with Crippen molar-refractivity contribution in [3.05, 3.63) is 29.8 Å². The minimum atomic E-state index is -0.712. The van der Waals surface area contributed by atoms with E-state index in [9.17, 15) is 14.4 Å². The maximum absolute atomic E-state index is 13.6. The van der Waals surface area contributed by atoms with Crippen LogP contribution in [0.3, 0.4) is 0 Å². The first-order valence-electron chi connectivity index (χ1n) is 15.8. The van der Waals surface area contributed by atoms with Crippen LogP contribution in [0.25, 0.3) is 0 Å². The molecule has 2 N–H and O–H groups in total. The third-order valence-electron chi connectivity index (χ3n) is 9.87. The van der Waals surface area contributed by atoms with E-state index in [1.54, 1.807) is 7.11 Å². The standard InChI is InChI=1S/C32H49N5O5/c1-23(2)36-13-9-32(10-14-36)19-29(38)33-11-7-26-21-35(20-24-5-4-6-27(17-24)41-3)12-8-25(26)18-30(39)37-15-16-42-28(22-37)31(40)34-32/h4-6,17,23,25-26,28H,7-16,18-22H2,1-3H3,(H,33,38)(H,34,40)/t25-,26-,28-/m0/s1. The third-order valence-corrected chi connectivity index (χ3v) is 9.87. The molecule has 0 aromatic heterocycles. The zero-order valence-corrected chi connectivity index (χ0v) is 25.6. The van der Waals surface area contributed by atoms with Gasteiger partial charge in [0.1, 0.15) is 5.75 Å². The fraction of sp³-hybridized carbons (Fsp3) is 0.719. The highest BCUT2D eigenvalue weighted by atomic mass is 16.5. The highest BCUT2D eigenvalue weighted by molar-refractivity contribution is 5.85. The minimum absolute atomic E-state index is 0.0222. The van der Waals surface area contributed by atoms with Crippen LogP contribution in [0, 0.1) is 11.8 Å². The summed E-state index contributed by atoms with van der Waals surface area (Å²) in [7, 11) is 1.69. The van der Waals surface area contributed by atoms with Gasteiger partial charge < -0.3 is 29.9 Å². The van der Waals surface area contributed by atoms with Crippen molar-refractivity contribution in [2.24, 2.45) is 11.8 Å². The SMILES string of the molecule is COc1cccc(CN2CC[C@H]3CC(=O)N4CCO[C@@H](C4)C(=O)NC4(CCN(C(C)C)CC4)CC(=O)NCC[C@H]3C2)c1. The Morgan fingerprint density at radius 2 is 1.86 bits per heavy atom. The Balaban J connectivity index is 1.31. The second-order valence-electron chi connectivity index (χ2n) is 13.0. The van der Waals surface area contributed by atoms with Crippen molar-refractivity contribution in [1.29, 1.82) is 0 Å². The summed E-state index contributed by atoms with van der Waals surface area (Å²) in [6.45, 7) is 10.3. The molecule has 0 aliphatic carbocycles. The average molecular weight is 584 g/mol. The van der Waals surface area contributed by atoms with E-state index in [-0.39, 0.29) is 36.6 Å². The number of amides is 3. The van der Waals surface area contributed by atoms with E-state index in [4.69, 9.17) is 9.47 Å². The quantitative estimate of drug-likeness (QED) is 0.559. The summed E-state index contributed by atoms with van der Waals surface area (Å²) in [6, 6.07) is 8.61. The topological polar surface area (TPSA) is 103 Å². The molecule has 42 heavy (non-hydrogen) atoms. The monoisotopic (exact) mass is 583 g/mol. The van der Waals surface area contributed by atoms with Crippen molar-refractivity contribution in [2.45, 2.75) is 76.6 Å². The van der Waals surface area contributed by atoms with Gasteiger partial charge in [-0.2, -0.15) is 0 Å². The normalized spacial score (nSPS) is 28.4. The number of carbonyl (C=O) groups is 3. The number of morpholine rings is 1. The molecular formula is C32H49N5O5. The van der Waals surface area contributed by atoms with Crippen LogP contribution in [0.5, 0.6) is 5.75 Å². The molecule has 232 valence electrons. The summed E-state index contributed by atoms with van der Waals surface area (Å²) in [5.41, 5.74) is 0.600. The van der Waals surface area contributed by atoms with Crippen LogP contribution in [0.2, 0.25) is 0 Å². The van der Waals surface area contributed by atoms with Crippen molar-refractivity contribution < 1.29 is 23.9 Å². The lowest BCUT2D eigenvalue weighted by molar-refractivity contribution is -0.149. The Bertz CT molecular complexity index is 1100. The lowest BCUT2D eigenvalue weighted by Gasteiger charge is -2.44. The predicted octanol–water partition coefficient (Wildman–Crippen LogP) is 2.02. The number of piperidine rings is 2. The van der Waals surface area contributed by atoms with Crippen molar-refractivity contribution in [3.8, 4) is 5.75 Å². The molecule has 3 amide bonds. The molecular weight excluding hydrogens is 534 g/mol. The van der Waals surface area contributed by atoms with Crippen LogP contribution in [0.15, 0.2) is 24.3 Å². The molecule has 10 heteroatoms. The van der Waals surface area contributed by atoms with Crippen LogP contribution in [-0.4, -0.2) is 110 Å². The Morgan fingerprint density at radius 1 is 1.05 bits per heavy atom. The van der Waals surface area contributed by atoms with Crippen LogP contribution in [-0.2, 0) is 25.7 Å². The van der Waals surface area contributed by atoms with E-state index in [1.165, 1.54) is 5.56 Å². The van der Waals surface area contributed by atoms with E-state index in [2.05, 4.69) is 46.4 Å². The zero-order valence-electron chi connectivity index (χ0n) is 25.6. The fourth-order valence-electron chi connectivity index (χ4n) is 7.24. The van der Waals surface area contributed by atoms with Gasteiger partial charge in [0.2, 0.25) is 11.8 Å². The number of hydrogen-bond acceptors (Lipinski definition) is 7. The molecule has 1 aromatic rings. The molecule has 10 nitrogen and oxygen atoms in total. The van der Waals surface area contributed by atoms with E-state index in [0.717, 1.165) is 51.3 Å². The van der Waals surface area contributed by atoms with Gasteiger partial charge in [0.05, 0.1) is 25.8 Å². The van der Waals surface area contributed by atoms with E-state index >= 15 is 0 Å². The fourth-order valence-corrected chi connectivity index (χ4v) is 7.24. The number of hydrogen-bond donors (Lipinski definition) is 2. The number of methoxy groups -OCH3 is 1. The van der Waals surface area contributed by atoms with Gasteiger partial charge in [0.25, 0.3) is 5.91 Å². The maximum atomic E-state index is 13.6. The molecule has 4 saturated heterocycles. The maximum Gasteiger partial charge on any atom is 0.251 e. The van der Waals surface area contributed by atoms with Crippen molar-refractivity contribution in [2.75, 3.05) is 59.5 Å². The Kier molecular flexibility index (Phi) is 10.1. The van der Waals surface area contributed by atoms with Gasteiger partial charge in [-0.15, -0.1) is 0 Å². The summed E-state index contributed by atoms with van der Waals surface area (Å²) in [5.74, 6) is 1.25. The number of fused-ring (bicyclic) bond motifs is 3. The summed E-state index contributed by atoms with van der Waals surface area (Å²) in [6.07, 6.45) is 3.19. The van der Waals surface area contributed by atoms with Gasteiger partial charge in [-0.3, -0.25) is 19.3 Å². The molecule has 4 heterocycles. The van der Waals surface area contributed by atoms with Crippen LogP contribution in [0.4, 0.5) is 0 Å². The molecule has 1 aromatic carbocycles. The molecule has 4 aliphatic rings. The second-order valence-corrected chi connectivity index (χ2v) is 13.0. The molecule has 1 spiro atoms. The van der Waals surface area contributed by atoms with Crippen molar-refractivity contribution in [1.82, 2.24) is 25.3 Å². The largest absolute Gasteiger partial charge is 0.497 e. The number of nitrogens with zero attached hydrogens (tertiary/aromatic N) is 3. The van der Waals surface area contributed by atoms with E-state index in [1.807, 2.05) is 17.0 Å². The average Bonchev–Trinajstić information content (AvgIpc) is 2.98. The number of likely N-dealkylation sites (tertiary alicyclic amines) is 2. The molecule has 2 bridgehead atoms. The molecule has 4 fully saturated rings. The molecule has 5 rings (SSSR count). The van der Waals surface area contributed by atoms with Gasteiger partial charge in [-0.05, 0) is 75.6 Å². The summed E-state index contributed by atoms with van der Waals surface area (Å²) in [5, 5.41) is 6.42. The van der Waals surface area contributed by atoms with Crippen molar-refractivity contribution in [3.63, 3.8) is 0 Å². The first-order valence-corrected chi connectivity index (χ1v) is 15.8. The van der Waals surface area contributed by atoms with Gasteiger partial charge in [-0.1, -0.05) is 12.1 Å². The first kappa shape index (κ1) is 30.8. The zero-order chi connectivity index (χ0) is 29.7. The number of rotatable bonds is 4. The lowest BCUT2D eigenvalue weighted by Crippen LogP contribution is -2.61.